The van der Waals surface area contributed by atoms with Gasteiger partial charge in [0.2, 0.25) is 0 Å². The average molecular weight is 438 g/mol. The molecule has 0 bridgehead atoms. The minimum absolute atomic E-state index is 0.177. The highest BCUT2D eigenvalue weighted by Gasteiger charge is 2.28. The molecule has 7 heteroatoms. The molecule has 0 radical (unpaired) electrons. The standard InChI is InChI=1S/C24H27N3O3S/c1-18-2-4-20(5-3-18)17-30-21-8-6-19(7-9-21)16-22-23(29)25-24(31-22)27-12-10-26(11-13-27)14-15-28/h2-9,16,28H,10-15,17H2,1H3/b22-16-. The molecule has 2 aromatic rings. The summed E-state index contributed by atoms with van der Waals surface area (Å²) in [6.07, 6.45) is 1.88. The number of aliphatic hydroxyl groups is 1. The fourth-order valence-electron chi connectivity index (χ4n) is 3.50. The highest BCUT2D eigenvalue weighted by atomic mass is 32.2. The number of aliphatic imine (C=N–C) groups is 1. The number of aryl methyl sites for hydroxylation is 1. The van der Waals surface area contributed by atoms with Crippen LogP contribution < -0.4 is 4.74 Å². The lowest BCUT2D eigenvalue weighted by atomic mass is 10.1. The van der Waals surface area contributed by atoms with Crippen molar-refractivity contribution in [3.63, 3.8) is 0 Å². The van der Waals surface area contributed by atoms with Gasteiger partial charge in [-0.1, -0.05) is 42.0 Å². The number of β-amino-alcohol motifs (C(OH)–C–C–N with tert-alkyl or cyclic N) is 1. The third-order valence-electron chi connectivity index (χ3n) is 5.37. The van der Waals surface area contributed by atoms with Crippen molar-refractivity contribution in [3.8, 4) is 5.75 Å². The number of benzene rings is 2. The molecular formula is C24H27N3O3S. The SMILES string of the molecule is Cc1ccc(COc2ccc(/C=C3\SC(N4CCN(CCO)CC4)=NC3=O)cc2)cc1. The lowest BCUT2D eigenvalue weighted by Gasteiger charge is -2.34. The number of hydrogen-bond acceptors (Lipinski definition) is 6. The predicted molar refractivity (Wildman–Crippen MR) is 125 cm³/mol. The van der Waals surface area contributed by atoms with E-state index in [1.165, 1.54) is 17.3 Å². The van der Waals surface area contributed by atoms with Crippen molar-refractivity contribution in [1.82, 2.24) is 9.80 Å². The maximum Gasteiger partial charge on any atom is 0.286 e. The number of hydrogen-bond donors (Lipinski definition) is 1. The number of carbonyl (C=O) groups is 1. The molecule has 2 heterocycles. The normalized spacial score (nSPS) is 18.5. The first-order valence-corrected chi connectivity index (χ1v) is 11.3. The van der Waals surface area contributed by atoms with E-state index < -0.39 is 0 Å². The Labute approximate surface area is 187 Å². The van der Waals surface area contributed by atoms with Gasteiger partial charge in [-0.3, -0.25) is 9.69 Å². The van der Waals surface area contributed by atoms with Gasteiger partial charge in [-0.25, -0.2) is 0 Å². The summed E-state index contributed by atoms with van der Waals surface area (Å²) in [7, 11) is 0. The first-order chi connectivity index (χ1) is 15.1. The zero-order valence-corrected chi connectivity index (χ0v) is 18.5. The second-order valence-electron chi connectivity index (χ2n) is 7.71. The molecule has 31 heavy (non-hydrogen) atoms. The van der Waals surface area contributed by atoms with Crippen molar-refractivity contribution in [2.24, 2.45) is 4.99 Å². The van der Waals surface area contributed by atoms with Gasteiger partial charge in [0.05, 0.1) is 11.5 Å². The average Bonchev–Trinajstić information content (AvgIpc) is 3.15. The van der Waals surface area contributed by atoms with Crippen LogP contribution in [-0.2, 0) is 11.4 Å². The van der Waals surface area contributed by atoms with Crippen LogP contribution in [0.3, 0.4) is 0 Å². The van der Waals surface area contributed by atoms with Crippen LogP contribution >= 0.6 is 11.8 Å². The van der Waals surface area contributed by atoms with E-state index in [0.717, 1.165) is 48.2 Å². The molecule has 0 aliphatic carbocycles. The Morgan fingerprint density at radius 2 is 1.77 bits per heavy atom. The quantitative estimate of drug-likeness (QED) is 0.701. The number of nitrogens with zero attached hydrogens (tertiary/aromatic N) is 3. The Hall–Kier alpha value is -2.61. The van der Waals surface area contributed by atoms with Gasteiger partial charge in [-0.05, 0) is 48.0 Å². The number of rotatable bonds is 6. The minimum Gasteiger partial charge on any atom is -0.489 e. The van der Waals surface area contributed by atoms with Crippen LogP contribution in [0.2, 0.25) is 0 Å². The summed E-state index contributed by atoms with van der Waals surface area (Å²) in [5.74, 6) is 0.614. The fourth-order valence-corrected chi connectivity index (χ4v) is 4.46. The second-order valence-corrected chi connectivity index (χ2v) is 8.71. The molecule has 0 saturated carbocycles. The van der Waals surface area contributed by atoms with Gasteiger partial charge < -0.3 is 14.7 Å². The molecule has 2 aliphatic rings. The molecule has 2 aliphatic heterocycles. The maximum absolute atomic E-state index is 12.4. The third-order valence-corrected chi connectivity index (χ3v) is 6.42. The van der Waals surface area contributed by atoms with Gasteiger partial charge in [0.15, 0.2) is 5.17 Å². The van der Waals surface area contributed by atoms with Crippen LogP contribution in [-0.4, -0.2) is 65.3 Å². The molecule has 1 N–H and O–H groups in total. The molecule has 2 aromatic carbocycles. The van der Waals surface area contributed by atoms with Gasteiger partial charge >= 0.3 is 0 Å². The Balaban J connectivity index is 1.32. The number of aliphatic hydroxyl groups excluding tert-OH is 1. The Morgan fingerprint density at radius 1 is 1.06 bits per heavy atom. The third kappa shape index (κ3) is 5.76. The second kappa shape index (κ2) is 10.1. The number of thioether (sulfide) groups is 1. The number of carbonyl (C=O) groups excluding carboxylic acids is 1. The zero-order chi connectivity index (χ0) is 21.6. The molecule has 4 rings (SSSR count). The lowest BCUT2D eigenvalue weighted by Crippen LogP contribution is -2.48. The number of amidine groups is 1. The molecule has 6 nitrogen and oxygen atoms in total. The summed E-state index contributed by atoms with van der Waals surface area (Å²) in [4.78, 5) is 21.6. The molecule has 162 valence electrons. The summed E-state index contributed by atoms with van der Waals surface area (Å²) in [5, 5.41) is 9.85. The summed E-state index contributed by atoms with van der Waals surface area (Å²) in [6, 6.07) is 16.1. The molecular weight excluding hydrogens is 410 g/mol. The van der Waals surface area contributed by atoms with Gasteiger partial charge in [0.25, 0.3) is 5.91 Å². The topological polar surface area (TPSA) is 65.4 Å². The Bertz CT molecular complexity index is 963. The van der Waals surface area contributed by atoms with E-state index >= 15 is 0 Å². The van der Waals surface area contributed by atoms with Crippen molar-refractivity contribution in [3.05, 3.63) is 70.1 Å². The van der Waals surface area contributed by atoms with Gasteiger partial charge in [-0.15, -0.1) is 0 Å². The number of piperazine rings is 1. The predicted octanol–water partition coefficient (Wildman–Crippen LogP) is 3.15. The highest BCUT2D eigenvalue weighted by molar-refractivity contribution is 8.18. The lowest BCUT2D eigenvalue weighted by molar-refractivity contribution is -0.113. The highest BCUT2D eigenvalue weighted by Crippen LogP contribution is 2.31. The Morgan fingerprint density at radius 3 is 2.45 bits per heavy atom. The van der Waals surface area contributed by atoms with E-state index in [1.54, 1.807) is 0 Å². The maximum atomic E-state index is 12.4. The van der Waals surface area contributed by atoms with E-state index in [-0.39, 0.29) is 12.5 Å². The zero-order valence-electron chi connectivity index (χ0n) is 17.7. The molecule has 0 spiro atoms. The molecule has 1 fully saturated rings. The number of amides is 1. The number of ether oxygens (including phenoxy) is 1. The van der Waals surface area contributed by atoms with Gasteiger partial charge in [0.1, 0.15) is 12.4 Å². The monoisotopic (exact) mass is 437 g/mol. The van der Waals surface area contributed by atoms with E-state index in [2.05, 4.69) is 46.0 Å². The summed E-state index contributed by atoms with van der Waals surface area (Å²) in [5.41, 5.74) is 3.31. The van der Waals surface area contributed by atoms with Crippen molar-refractivity contribution in [2.75, 3.05) is 39.3 Å². The van der Waals surface area contributed by atoms with Crippen molar-refractivity contribution in [1.29, 1.82) is 0 Å². The first kappa shape index (κ1) is 21.6. The van der Waals surface area contributed by atoms with Crippen LogP contribution in [0, 0.1) is 6.92 Å². The molecule has 1 amide bonds. The van der Waals surface area contributed by atoms with Crippen LogP contribution in [0.25, 0.3) is 6.08 Å². The Kier molecular flexibility index (Phi) is 7.06. The van der Waals surface area contributed by atoms with Crippen LogP contribution in [0.5, 0.6) is 5.75 Å². The minimum atomic E-state index is -0.183. The van der Waals surface area contributed by atoms with Crippen molar-refractivity contribution >= 4 is 28.9 Å². The molecule has 1 saturated heterocycles. The summed E-state index contributed by atoms with van der Waals surface area (Å²) < 4.78 is 5.86. The van der Waals surface area contributed by atoms with Gasteiger partial charge in [-0.2, -0.15) is 4.99 Å². The first-order valence-electron chi connectivity index (χ1n) is 10.5. The van der Waals surface area contributed by atoms with Gasteiger partial charge in [0, 0.05) is 32.7 Å². The van der Waals surface area contributed by atoms with Crippen LogP contribution in [0.15, 0.2) is 58.4 Å². The van der Waals surface area contributed by atoms with Crippen LogP contribution in [0.4, 0.5) is 0 Å². The summed E-state index contributed by atoms with van der Waals surface area (Å²) >= 11 is 1.44. The van der Waals surface area contributed by atoms with Crippen molar-refractivity contribution in [2.45, 2.75) is 13.5 Å². The molecule has 0 unspecified atom stereocenters. The van der Waals surface area contributed by atoms with E-state index in [9.17, 15) is 4.79 Å². The molecule has 0 aromatic heterocycles. The smallest absolute Gasteiger partial charge is 0.286 e. The largest absolute Gasteiger partial charge is 0.489 e. The van der Waals surface area contributed by atoms with E-state index in [0.29, 0.717) is 18.1 Å². The fraction of sp³-hybridized carbons (Fsp3) is 0.333. The van der Waals surface area contributed by atoms with Crippen molar-refractivity contribution < 1.29 is 14.6 Å². The van der Waals surface area contributed by atoms with E-state index in [1.807, 2.05) is 30.3 Å². The van der Waals surface area contributed by atoms with E-state index in [4.69, 9.17) is 9.84 Å². The van der Waals surface area contributed by atoms with Crippen LogP contribution in [0.1, 0.15) is 16.7 Å². The molecule has 0 atom stereocenters. The summed E-state index contributed by atoms with van der Waals surface area (Å²) in [6.45, 7) is 6.85.